The van der Waals surface area contributed by atoms with Crippen LogP contribution in [0, 0.1) is 0 Å². The minimum Gasteiger partial charge on any atom is -0.465 e. The highest BCUT2D eigenvalue weighted by molar-refractivity contribution is 5.93. The minimum absolute atomic E-state index is 0.271. The predicted octanol–water partition coefficient (Wildman–Crippen LogP) is 3.14. The van der Waals surface area contributed by atoms with Gasteiger partial charge in [-0.05, 0) is 45.9 Å². The number of amides is 1. The molecule has 4 rings (SSSR count). The Kier molecular flexibility index (Phi) is 7.11. The van der Waals surface area contributed by atoms with E-state index in [0.717, 1.165) is 42.2 Å². The second kappa shape index (κ2) is 10.1. The van der Waals surface area contributed by atoms with Crippen LogP contribution in [0.15, 0.2) is 30.7 Å². The Hall–Kier alpha value is -3.40. The van der Waals surface area contributed by atoms with Crippen molar-refractivity contribution in [2.75, 3.05) is 33.3 Å². The molecule has 1 aliphatic heterocycles. The van der Waals surface area contributed by atoms with Crippen LogP contribution in [0.4, 0.5) is 4.79 Å². The second-order valence-corrected chi connectivity index (χ2v) is 9.72. The van der Waals surface area contributed by atoms with Gasteiger partial charge in [0.25, 0.3) is 0 Å². The molecule has 35 heavy (non-hydrogen) atoms. The fourth-order valence-electron chi connectivity index (χ4n) is 4.26. The average Bonchev–Trinajstić information content (AvgIpc) is 3.42. The van der Waals surface area contributed by atoms with Gasteiger partial charge in [-0.1, -0.05) is 0 Å². The molecule has 10 heteroatoms. The molecular formula is C25H34N6O4. The molecule has 1 saturated heterocycles. The van der Waals surface area contributed by atoms with Crippen LogP contribution in [-0.4, -0.2) is 79.9 Å². The molecule has 0 N–H and O–H groups in total. The number of hydrogen-bond acceptors (Lipinski definition) is 7. The minimum atomic E-state index is -0.507. The first kappa shape index (κ1) is 24.7. The zero-order valence-electron chi connectivity index (χ0n) is 21.2. The lowest BCUT2D eigenvalue weighted by Crippen LogP contribution is -2.49. The summed E-state index contributed by atoms with van der Waals surface area (Å²) in [4.78, 5) is 37.8. The lowest BCUT2D eigenvalue weighted by molar-refractivity contribution is 0.0136. The molecule has 0 atom stereocenters. The summed E-state index contributed by atoms with van der Waals surface area (Å²) < 4.78 is 14.7. The van der Waals surface area contributed by atoms with Crippen molar-refractivity contribution in [3.63, 3.8) is 0 Å². The smallest absolute Gasteiger partial charge is 0.410 e. The average molecular weight is 483 g/mol. The number of benzene rings is 1. The van der Waals surface area contributed by atoms with Gasteiger partial charge in [-0.2, -0.15) is 0 Å². The molecule has 2 aromatic heterocycles. The number of aromatic nitrogens is 4. The van der Waals surface area contributed by atoms with E-state index in [9.17, 15) is 9.59 Å². The number of rotatable bonds is 6. The molecule has 3 aromatic rings. The quantitative estimate of drug-likeness (QED) is 0.498. The molecule has 188 valence electrons. The fourth-order valence-corrected chi connectivity index (χ4v) is 4.26. The number of imidazole rings is 2. The summed E-state index contributed by atoms with van der Waals surface area (Å²) in [5.74, 6) is 0.523. The normalized spacial score (nSPS) is 14.9. The van der Waals surface area contributed by atoms with Crippen LogP contribution in [0.5, 0.6) is 0 Å². The van der Waals surface area contributed by atoms with Crippen molar-refractivity contribution >= 4 is 23.1 Å². The van der Waals surface area contributed by atoms with Crippen LogP contribution in [0.2, 0.25) is 0 Å². The van der Waals surface area contributed by atoms with Gasteiger partial charge in [0.1, 0.15) is 11.4 Å². The zero-order chi connectivity index (χ0) is 25.2. The summed E-state index contributed by atoms with van der Waals surface area (Å²) in [5, 5.41) is 0. The number of esters is 1. The molecule has 0 aliphatic carbocycles. The van der Waals surface area contributed by atoms with Gasteiger partial charge in [0, 0.05) is 38.9 Å². The van der Waals surface area contributed by atoms with E-state index in [0.29, 0.717) is 31.7 Å². The molecule has 1 aliphatic rings. The van der Waals surface area contributed by atoms with Gasteiger partial charge in [0.2, 0.25) is 0 Å². The summed E-state index contributed by atoms with van der Waals surface area (Å²) in [6.45, 7) is 12.4. The van der Waals surface area contributed by atoms with Gasteiger partial charge in [0.05, 0.1) is 48.8 Å². The van der Waals surface area contributed by atoms with Crippen LogP contribution >= 0.6 is 0 Å². The Bertz CT molecular complexity index is 1200. The number of nitrogens with zero attached hydrogens (tertiary/aromatic N) is 6. The van der Waals surface area contributed by atoms with Gasteiger partial charge in [-0.25, -0.2) is 19.6 Å². The maximum absolute atomic E-state index is 12.4. The monoisotopic (exact) mass is 482 g/mol. The number of carbonyl (C=O) groups is 2. The highest BCUT2D eigenvalue weighted by Crippen LogP contribution is 2.22. The molecule has 10 nitrogen and oxygen atoms in total. The highest BCUT2D eigenvalue weighted by atomic mass is 16.6. The maximum Gasteiger partial charge on any atom is 0.410 e. The third-order valence-corrected chi connectivity index (χ3v) is 6.10. The molecule has 0 spiro atoms. The van der Waals surface area contributed by atoms with Gasteiger partial charge < -0.3 is 23.5 Å². The highest BCUT2D eigenvalue weighted by Gasteiger charge is 2.27. The summed E-state index contributed by atoms with van der Waals surface area (Å²) in [6.07, 6.45) is 3.42. The van der Waals surface area contributed by atoms with Crippen LogP contribution in [-0.2, 0) is 29.1 Å². The van der Waals surface area contributed by atoms with E-state index in [1.54, 1.807) is 11.0 Å². The van der Waals surface area contributed by atoms with Crippen molar-refractivity contribution in [1.29, 1.82) is 0 Å². The number of aryl methyl sites for hydroxylation is 1. The zero-order valence-corrected chi connectivity index (χ0v) is 21.2. The van der Waals surface area contributed by atoms with Crippen molar-refractivity contribution < 1.29 is 19.1 Å². The standard InChI is InChI=1S/C25H34N6O4/c1-6-29-17-26-14-19(29)15-31-21-13-18(23(32)34-5)7-8-20(21)27-22(31)16-28-9-11-30(12-10-28)24(33)35-25(2,3)4/h7-8,13-14,17H,6,9-12,15-16H2,1-5H3. The largest absolute Gasteiger partial charge is 0.465 e. The maximum atomic E-state index is 12.4. The first-order valence-electron chi connectivity index (χ1n) is 11.9. The first-order valence-corrected chi connectivity index (χ1v) is 11.9. The summed E-state index contributed by atoms with van der Waals surface area (Å²) >= 11 is 0. The lowest BCUT2D eigenvalue weighted by atomic mass is 10.2. The Morgan fingerprint density at radius 2 is 1.83 bits per heavy atom. The molecule has 0 unspecified atom stereocenters. The number of methoxy groups -OCH3 is 1. The summed E-state index contributed by atoms with van der Waals surface area (Å²) in [6, 6.07) is 5.44. The molecule has 0 saturated carbocycles. The molecule has 1 fully saturated rings. The van der Waals surface area contributed by atoms with E-state index in [2.05, 4.69) is 25.9 Å². The van der Waals surface area contributed by atoms with E-state index in [-0.39, 0.29) is 12.1 Å². The van der Waals surface area contributed by atoms with Gasteiger partial charge in [0.15, 0.2) is 0 Å². The molecule has 1 aromatic carbocycles. The second-order valence-electron chi connectivity index (χ2n) is 9.72. The van der Waals surface area contributed by atoms with Crippen LogP contribution in [0.3, 0.4) is 0 Å². The van der Waals surface area contributed by atoms with Gasteiger partial charge >= 0.3 is 12.1 Å². The van der Waals surface area contributed by atoms with Crippen LogP contribution < -0.4 is 0 Å². The fraction of sp³-hybridized carbons (Fsp3) is 0.520. The summed E-state index contributed by atoms with van der Waals surface area (Å²) in [7, 11) is 1.38. The number of ether oxygens (including phenoxy) is 2. The van der Waals surface area contributed by atoms with Crippen molar-refractivity contribution in [2.45, 2.75) is 52.9 Å². The van der Waals surface area contributed by atoms with Crippen molar-refractivity contribution in [1.82, 2.24) is 28.9 Å². The number of fused-ring (bicyclic) bond motifs is 1. The topological polar surface area (TPSA) is 94.7 Å². The Labute approximate surface area is 205 Å². The Morgan fingerprint density at radius 3 is 2.49 bits per heavy atom. The third-order valence-electron chi connectivity index (χ3n) is 6.10. The first-order chi connectivity index (χ1) is 16.7. The molecule has 1 amide bonds. The van der Waals surface area contributed by atoms with E-state index in [1.165, 1.54) is 7.11 Å². The Balaban J connectivity index is 1.57. The Morgan fingerprint density at radius 1 is 1.09 bits per heavy atom. The molecule has 0 bridgehead atoms. The molecular weight excluding hydrogens is 448 g/mol. The van der Waals surface area contributed by atoms with E-state index in [1.807, 2.05) is 45.4 Å². The third kappa shape index (κ3) is 5.64. The van der Waals surface area contributed by atoms with Gasteiger partial charge in [-0.3, -0.25) is 4.90 Å². The number of hydrogen-bond donors (Lipinski definition) is 0. The lowest BCUT2D eigenvalue weighted by Gasteiger charge is -2.35. The van der Waals surface area contributed by atoms with Crippen LogP contribution in [0.25, 0.3) is 11.0 Å². The van der Waals surface area contributed by atoms with Crippen molar-refractivity contribution in [2.24, 2.45) is 0 Å². The number of carbonyl (C=O) groups excluding carboxylic acids is 2. The summed E-state index contributed by atoms with van der Waals surface area (Å²) in [5.41, 5.74) is 2.74. The van der Waals surface area contributed by atoms with E-state index < -0.39 is 5.60 Å². The van der Waals surface area contributed by atoms with Crippen molar-refractivity contribution in [3.05, 3.63) is 47.8 Å². The molecule has 0 radical (unpaired) electrons. The SMILES string of the molecule is CCn1cncc1Cn1c(CN2CCN(C(=O)OC(C)(C)C)CC2)nc2ccc(C(=O)OC)cc21. The van der Waals surface area contributed by atoms with Crippen molar-refractivity contribution in [3.8, 4) is 0 Å². The molecule has 3 heterocycles. The predicted molar refractivity (Wildman–Crippen MR) is 131 cm³/mol. The van der Waals surface area contributed by atoms with Crippen LogP contribution in [0.1, 0.15) is 49.6 Å². The van der Waals surface area contributed by atoms with Gasteiger partial charge in [-0.15, -0.1) is 0 Å². The van der Waals surface area contributed by atoms with E-state index >= 15 is 0 Å². The van der Waals surface area contributed by atoms with E-state index in [4.69, 9.17) is 14.5 Å². The number of piperazine rings is 1.